The predicted octanol–water partition coefficient (Wildman–Crippen LogP) is 4.31. The van der Waals surface area contributed by atoms with Gasteiger partial charge in [-0.25, -0.2) is 4.79 Å². The van der Waals surface area contributed by atoms with Crippen molar-refractivity contribution in [2.24, 2.45) is 0 Å². The molecule has 6 nitrogen and oxygen atoms in total. The second-order valence-corrected chi connectivity index (χ2v) is 8.03. The molecule has 1 saturated heterocycles. The van der Waals surface area contributed by atoms with E-state index in [1.165, 1.54) is 31.4 Å². The molecule has 0 aromatic heterocycles. The molecule has 0 radical (unpaired) electrons. The summed E-state index contributed by atoms with van der Waals surface area (Å²) >= 11 is 0. The number of hydrogen-bond acceptors (Lipinski definition) is 4. The number of amides is 2. The first kappa shape index (κ1) is 21.1. The molecule has 1 fully saturated rings. The van der Waals surface area contributed by atoms with Crippen molar-refractivity contribution in [3.8, 4) is 0 Å². The topological polar surface area (TPSA) is 70.7 Å². The molecule has 2 amide bonds. The average Bonchev–Trinajstić information content (AvgIpc) is 2.87. The Balaban J connectivity index is 1.69. The normalized spacial score (nSPS) is 15.0. The minimum atomic E-state index is -0.513. The van der Waals surface area contributed by atoms with E-state index < -0.39 is 11.7 Å². The monoisotopic (exact) mass is 375 g/mol. The van der Waals surface area contributed by atoms with Gasteiger partial charge in [-0.15, -0.1) is 0 Å². The molecule has 27 heavy (non-hydrogen) atoms. The quantitative estimate of drug-likeness (QED) is 0.727. The SMILES string of the molecule is CC(C)(C)OC(=O)NCCCC(=O)Nc1ccc(N2CCCCCC2)cc1. The van der Waals surface area contributed by atoms with Gasteiger partial charge < -0.3 is 20.3 Å². The summed E-state index contributed by atoms with van der Waals surface area (Å²) in [6.07, 6.45) is 5.58. The van der Waals surface area contributed by atoms with Crippen molar-refractivity contribution < 1.29 is 14.3 Å². The number of anilines is 2. The molecule has 2 rings (SSSR count). The second kappa shape index (κ2) is 10.2. The fourth-order valence-corrected chi connectivity index (χ4v) is 3.06. The number of carbonyl (C=O) groups excluding carboxylic acids is 2. The van der Waals surface area contributed by atoms with Gasteiger partial charge in [0.1, 0.15) is 5.60 Å². The van der Waals surface area contributed by atoms with E-state index in [2.05, 4.69) is 27.7 Å². The van der Waals surface area contributed by atoms with E-state index in [1.807, 2.05) is 32.9 Å². The molecule has 6 heteroatoms. The molecule has 1 aliphatic heterocycles. The summed E-state index contributed by atoms with van der Waals surface area (Å²) in [5.41, 5.74) is 1.51. The Kier molecular flexibility index (Phi) is 7.95. The highest BCUT2D eigenvalue weighted by Crippen LogP contribution is 2.21. The highest BCUT2D eigenvalue weighted by Gasteiger charge is 2.15. The van der Waals surface area contributed by atoms with Crippen molar-refractivity contribution in [2.45, 2.75) is 64.9 Å². The number of nitrogens with one attached hydrogen (secondary N) is 2. The summed E-state index contributed by atoms with van der Waals surface area (Å²) in [6, 6.07) is 8.06. The van der Waals surface area contributed by atoms with Gasteiger partial charge in [0.05, 0.1) is 0 Å². The Morgan fingerprint density at radius 1 is 1.04 bits per heavy atom. The number of benzene rings is 1. The van der Waals surface area contributed by atoms with E-state index in [0.29, 0.717) is 19.4 Å². The molecule has 0 atom stereocenters. The summed E-state index contributed by atoms with van der Waals surface area (Å²) in [4.78, 5) is 26.0. The van der Waals surface area contributed by atoms with Gasteiger partial charge in [0.15, 0.2) is 0 Å². The lowest BCUT2D eigenvalue weighted by atomic mass is 10.2. The van der Waals surface area contributed by atoms with Crippen LogP contribution < -0.4 is 15.5 Å². The highest BCUT2D eigenvalue weighted by molar-refractivity contribution is 5.90. The largest absolute Gasteiger partial charge is 0.444 e. The maximum absolute atomic E-state index is 12.1. The van der Waals surface area contributed by atoms with Crippen LogP contribution in [0, 0.1) is 0 Å². The van der Waals surface area contributed by atoms with Crippen molar-refractivity contribution in [1.29, 1.82) is 0 Å². The average molecular weight is 376 g/mol. The minimum absolute atomic E-state index is 0.0523. The lowest BCUT2D eigenvalue weighted by molar-refractivity contribution is -0.116. The lowest BCUT2D eigenvalue weighted by Crippen LogP contribution is -2.33. The van der Waals surface area contributed by atoms with E-state index in [4.69, 9.17) is 4.74 Å². The van der Waals surface area contributed by atoms with Gasteiger partial charge in [-0.3, -0.25) is 4.79 Å². The van der Waals surface area contributed by atoms with Crippen molar-refractivity contribution in [1.82, 2.24) is 5.32 Å². The molecule has 0 bridgehead atoms. The molecule has 2 N–H and O–H groups in total. The standard InChI is InChI=1S/C21H33N3O3/c1-21(2,3)27-20(26)22-14-8-9-19(25)23-17-10-12-18(13-11-17)24-15-6-4-5-7-16-24/h10-13H,4-9,14-16H2,1-3H3,(H,22,26)(H,23,25). The molecule has 1 aromatic rings. The van der Waals surface area contributed by atoms with E-state index in [0.717, 1.165) is 18.8 Å². The Hall–Kier alpha value is -2.24. The van der Waals surface area contributed by atoms with Crippen LogP contribution in [0.5, 0.6) is 0 Å². The molecule has 1 aliphatic rings. The first-order chi connectivity index (χ1) is 12.8. The summed E-state index contributed by atoms with van der Waals surface area (Å²) in [7, 11) is 0. The van der Waals surface area contributed by atoms with Gasteiger partial charge >= 0.3 is 6.09 Å². The number of ether oxygens (including phenoxy) is 1. The van der Waals surface area contributed by atoms with Gasteiger partial charge in [-0.1, -0.05) is 12.8 Å². The predicted molar refractivity (Wildman–Crippen MR) is 109 cm³/mol. The van der Waals surface area contributed by atoms with Crippen molar-refractivity contribution in [3.63, 3.8) is 0 Å². The van der Waals surface area contributed by atoms with Crippen molar-refractivity contribution in [2.75, 3.05) is 29.9 Å². The van der Waals surface area contributed by atoms with Crippen LogP contribution in [0.25, 0.3) is 0 Å². The molecular weight excluding hydrogens is 342 g/mol. The van der Waals surface area contributed by atoms with Crippen LogP contribution in [-0.4, -0.2) is 37.2 Å². The van der Waals surface area contributed by atoms with E-state index in [1.54, 1.807) is 0 Å². The van der Waals surface area contributed by atoms with E-state index in [-0.39, 0.29) is 5.91 Å². The van der Waals surface area contributed by atoms with Crippen LogP contribution in [0.15, 0.2) is 24.3 Å². The Morgan fingerprint density at radius 3 is 2.26 bits per heavy atom. The highest BCUT2D eigenvalue weighted by atomic mass is 16.6. The van der Waals surface area contributed by atoms with Gasteiger partial charge in [0, 0.05) is 37.4 Å². The Bertz CT molecular complexity index is 600. The molecule has 150 valence electrons. The number of hydrogen-bond donors (Lipinski definition) is 2. The molecule has 1 heterocycles. The third-order valence-corrected chi connectivity index (χ3v) is 4.37. The zero-order valence-electron chi connectivity index (χ0n) is 16.8. The first-order valence-corrected chi connectivity index (χ1v) is 9.95. The van der Waals surface area contributed by atoms with Crippen LogP contribution in [0.4, 0.5) is 16.2 Å². The van der Waals surface area contributed by atoms with Crippen LogP contribution in [0.3, 0.4) is 0 Å². The number of alkyl carbamates (subject to hydrolysis) is 1. The van der Waals surface area contributed by atoms with Crippen LogP contribution in [0.2, 0.25) is 0 Å². The summed E-state index contributed by atoms with van der Waals surface area (Å²) in [5, 5.41) is 5.57. The minimum Gasteiger partial charge on any atom is -0.444 e. The number of nitrogens with zero attached hydrogens (tertiary/aromatic N) is 1. The molecule has 0 spiro atoms. The van der Waals surface area contributed by atoms with Crippen LogP contribution >= 0.6 is 0 Å². The zero-order chi connectivity index (χ0) is 19.7. The summed E-state index contributed by atoms with van der Waals surface area (Å²) in [5.74, 6) is -0.0523. The lowest BCUT2D eigenvalue weighted by Gasteiger charge is -2.22. The van der Waals surface area contributed by atoms with Gasteiger partial charge in [0.25, 0.3) is 0 Å². The van der Waals surface area contributed by atoms with Crippen molar-refractivity contribution >= 4 is 23.4 Å². The molecule has 0 aliphatic carbocycles. The second-order valence-electron chi connectivity index (χ2n) is 8.03. The first-order valence-electron chi connectivity index (χ1n) is 9.95. The fourth-order valence-electron chi connectivity index (χ4n) is 3.06. The molecule has 1 aromatic carbocycles. The molecular formula is C21H33N3O3. The number of rotatable bonds is 6. The van der Waals surface area contributed by atoms with E-state index in [9.17, 15) is 9.59 Å². The summed E-state index contributed by atoms with van der Waals surface area (Å²) in [6.45, 7) is 8.08. The summed E-state index contributed by atoms with van der Waals surface area (Å²) < 4.78 is 5.15. The molecule has 0 unspecified atom stereocenters. The van der Waals surface area contributed by atoms with E-state index >= 15 is 0 Å². The zero-order valence-corrected chi connectivity index (χ0v) is 16.8. The molecule has 0 saturated carbocycles. The third kappa shape index (κ3) is 8.33. The smallest absolute Gasteiger partial charge is 0.407 e. The van der Waals surface area contributed by atoms with Crippen molar-refractivity contribution in [3.05, 3.63) is 24.3 Å². The third-order valence-electron chi connectivity index (χ3n) is 4.37. The maximum atomic E-state index is 12.1. The van der Waals surface area contributed by atoms with Crippen LogP contribution in [-0.2, 0) is 9.53 Å². The van der Waals surface area contributed by atoms with Crippen LogP contribution in [0.1, 0.15) is 59.3 Å². The van der Waals surface area contributed by atoms with Gasteiger partial charge in [-0.05, 0) is 64.3 Å². The van der Waals surface area contributed by atoms with Gasteiger partial charge in [-0.2, -0.15) is 0 Å². The Morgan fingerprint density at radius 2 is 1.67 bits per heavy atom. The van der Waals surface area contributed by atoms with Gasteiger partial charge in [0.2, 0.25) is 5.91 Å². The number of carbonyl (C=O) groups is 2. The Labute approximate surface area is 162 Å². The fraction of sp³-hybridized carbons (Fsp3) is 0.619. The maximum Gasteiger partial charge on any atom is 0.407 e.